The van der Waals surface area contributed by atoms with E-state index in [0.717, 1.165) is 0 Å². The van der Waals surface area contributed by atoms with Crippen molar-refractivity contribution in [3.8, 4) is 0 Å². The first kappa shape index (κ1) is 17.5. The molecule has 0 fully saturated rings. The van der Waals surface area contributed by atoms with Crippen LogP contribution in [0.4, 0.5) is 5.69 Å². The number of hydrogen-bond acceptors (Lipinski definition) is 5. The number of methoxy groups -OCH3 is 1. The Morgan fingerprint density at radius 2 is 1.68 bits per heavy atom. The fourth-order valence-electron chi connectivity index (χ4n) is 1.70. The van der Waals surface area contributed by atoms with Gasteiger partial charge in [-0.3, -0.25) is 14.4 Å². The highest BCUT2D eigenvalue weighted by molar-refractivity contribution is 5.94. The van der Waals surface area contributed by atoms with Gasteiger partial charge in [-0.15, -0.1) is 0 Å². The minimum Gasteiger partial charge on any atom is -0.469 e. The number of rotatable bonds is 8. The maximum absolute atomic E-state index is 11.8. The number of benzene rings is 1. The van der Waals surface area contributed by atoms with Crippen LogP contribution < -0.4 is 16.4 Å². The van der Waals surface area contributed by atoms with Crippen LogP contribution in [0.25, 0.3) is 0 Å². The number of anilines is 1. The van der Waals surface area contributed by atoms with Crippen LogP contribution in [0.15, 0.2) is 24.3 Å². The smallest absolute Gasteiger partial charge is 0.305 e. The van der Waals surface area contributed by atoms with Crippen molar-refractivity contribution in [3.63, 3.8) is 0 Å². The van der Waals surface area contributed by atoms with E-state index in [4.69, 9.17) is 5.73 Å². The summed E-state index contributed by atoms with van der Waals surface area (Å²) in [7, 11) is 1.31. The zero-order chi connectivity index (χ0) is 16.4. The first-order valence-corrected chi connectivity index (χ1v) is 7.00. The van der Waals surface area contributed by atoms with E-state index >= 15 is 0 Å². The molecule has 0 radical (unpaired) electrons. The highest BCUT2D eigenvalue weighted by Gasteiger charge is 2.06. The zero-order valence-electron chi connectivity index (χ0n) is 12.6. The van der Waals surface area contributed by atoms with Gasteiger partial charge in [-0.2, -0.15) is 0 Å². The average molecular weight is 307 g/mol. The van der Waals surface area contributed by atoms with Crippen molar-refractivity contribution in [2.45, 2.75) is 19.3 Å². The number of esters is 1. The molecule has 22 heavy (non-hydrogen) atoms. The van der Waals surface area contributed by atoms with Crippen LogP contribution in [0, 0.1) is 0 Å². The van der Waals surface area contributed by atoms with Crippen LogP contribution >= 0.6 is 0 Å². The number of ether oxygens (including phenoxy) is 1. The quantitative estimate of drug-likeness (QED) is 0.367. The van der Waals surface area contributed by atoms with Crippen LogP contribution in [0.3, 0.4) is 0 Å². The lowest BCUT2D eigenvalue weighted by Crippen LogP contribution is -2.34. The molecule has 0 atom stereocenters. The summed E-state index contributed by atoms with van der Waals surface area (Å²) in [6.45, 7) is 0.656. The summed E-state index contributed by atoms with van der Waals surface area (Å²) in [4.78, 5) is 34.1. The molecule has 0 aliphatic heterocycles. The van der Waals surface area contributed by atoms with E-state index in [-0.39, 0.29) is 30.6 Å². The van der Waals surface area contributed by atoms with Crippen molar-refractivity contribution >= 4 is 23.5 Å². The summed E-state index contributed by atoms with van der Waals surface area (Å²) in [5.41, 5.74) is 6.65. The van der Waals surface area contributed by atoms with Crippen LogP contribution in [-0.4, -0.2) is 38.0 Å². The van der Waals surface area contributed by atoms with Crippen LogP contribution in [-0.2, 0) is 14.3 Å². The van der Waals surface area contributed by atoms with Gasteiger partial charge in [0.25, 0.3) is 5.91 Å². The Labute approximate surface area is 129 Å². The number of nitrogens with one attached hydrogen (secondary N) is 2. The molecule has 0 heterocycles. The van der Waals surface area contributed by atoms with Gasteiger partial charge in [-0.05, 0) is 30.7 Å². The molecule has 0 unspecified atom stereocenters. The average Bonchev–Trinajstić information content (AvgIpc) is 2.51. The number of nitrogen functional groups attached to an aromatic ring is 1. The minimum absolute atomic E-state index is 0.161. The summed E-state index contributed by atoms with van der Waals surface area (Å²) in [5.74, 6) is -0.714. The lowest BCUT2D eigenvalue weighted by Gasteiger charge is -2.07. The summed E-state index contributed by atoms with van der Waals surface area (Å²) >= 11 is 0. The van der Waals surface area contributed by atoms with Gasteiger partial charge >= 0.3 is 5.97 Å². The van der Waals surface area contributed by atoms with E-state index in [0.29, 0.717) is 30.8 Å². The van der Waals surface area contributed by atoms with Gasteiger partial charge in [-0.25, -0.2) is 0 Å². The molecular weight excluding hydrogens is 286 g/mol. The second-order valence-corrected chi connectivity index (χ2v) is 4.66. The standard InChI is InChI=1S/C15H21N3O4/c1-22-14(20)4-2-3-13(19)17-9-10-18-15(21)11-5-7-12(16)8-6-11/h5-8H,2-4,9-10,16H2,1H3,(H,17,19)(H,18,21). The van der Waals surface area contributed by atoms with Crippen molar-refractivity contribution < 1.29 is 19.1 Å². The molecule has 0 aliphatic carbocycles. The van der Waals surface area contributed by atoms with Crippen molar-refractivity contribution in [2.24, 2.45) is 0 Å². The van der Waals surface area contributed by atoms with Crippen molar-refractivity contribution in [1.82, 2.24) is 10.6 Å². The van der Waals surface area contributed by atoms with E-state index in [9.17, 15) is 14.4 Å². The number of hydrogen-bond donors (Lipinski definition) is 3. The topological polar surface area (TPSA) is 111 Å². The number of nitrogens with two attached hydrogens (primary N) is 1. The van der Waals surface area contributed by atoms with Gasteiger partial charge in [0.05, 0.1) is 7.11 Å². The van der Waals surface area contributed by atoms with Crippen LogP contribution in [0.5, 0.6) is 0 Å². The molecule has 0 saturated heterocycles. The molecule has 7 heteroatoms. The van der Waals surface area contributed by atoms with Crippen molar-refractivity contribution in [2.75, 3.05) is 25.9 Å². The van der Waals surface area contributed by atoms with Crippen molar-refractivity contribution in [1.29, 1.82) is 0 Å². The lowest BCUT2D eigenvalue weighted by molar-refractivity contribution is -0.140. The third-order valence-corrected chi connectivity index (χ3v) is 2.92. The van der Waals surface area contributed by atoms with Gasteiger partial charge < -0.3 is 21.1 Å². The molecule has 0 saturated carbocycles. The maximum Gasteiger partial charge on any atom is 0.305 e. The SMILES string of the molecule is COC(=O)CCCC(=O)NCCNC(=O)c1ccc(N)cc1. The Hall–Kier alpha value is -2.57. The molecule has 0 bridgehead atoms. The monoisotopic (exact) mass is 307 g/mol. The largest absolute Gasteiger partial charge is 0.469 e. The molecule has 2 amide bonds. The summed E-state index contributed by atoms with van der Waals surface area (Å²) in [5, 5.41) is 5.35. The molecule has 0 spiro atoms. The molecule has 1 aromatic rings. The predicted octanol–water partition coefficient (Wildman–Crippen LogP) is 0.458. The fourth-order valence-corrected chi connectivity index (χ4v) is 1.70. The van der Waals surface area contributed by atoms with E-state index in [1.165, 1.54) is 7.11 Å². The summed E-state index contributed by atoms with van der Waals surface area (Å²) < 4.78 is 4.48. The second kappa shape index (κ2) is 9.38. The van der Waals surface area contributed by atoms with Gasteiger partial charge in [0, 0.05) is 37.2 Å². The predicted molar refractivity (Wildman–Crippen MR) is 82.1 cm³/mol. The molecule has 1 aromatic carbocycles. The minimum atomic E-state index is -0.330. The molecule has 0 aliphatic rings. The fraction of sp³-hybridized carbons (Fsp3) is 0.400. The number of amides is 2. The first-order chi connectivity index (χ1) is 10.5. The van der Waals surface area contributed by atoms with Gasteiger partial charge in [-0.1, -0.05) is 0 Å². The van der Waals surface area contributed by atoms with E-state index in [1.54, 1.807) is 24.3 Å². The molecule has 7 nitrogen and oxygen atoms in total. The molecule has 0 aromatic heterocycles. The third kappa shape index (κ3) is 6.74. The van der Waals surface area contributed by atoms with E-state index in [2.05, 4.69) is 15.4 Å². The Bertz CT molecular complexity index is 514. The molecular formula is C15H21N3O4. The zero-order valence-corrected chi connectivity index (χ0v) is 12.6. The van der Waals surface area contributed by atoms with Crippen LogP contribution in [0.1, 0.15) is 29.6 Å². The Morgan fingerprint density at radius 1 is 1.05 bits per heavy atom. The van der Waals surface area contributed by atoms with E-state index < -0.39 is 0 Å². The third-order valence-electron chi connectivity index (χ3n) is 2.92. The Kier molecular flexibility index (Phi) is 7.45. The van der Waals surface area contributed by atoms with Gasteiger partial charge in [0.2, 0.25) is 5.91 Å². The number of carbonyl (C=O) groups is 3. The molecule has 4 N–H and O–H groups in total. The van der Waals surface area contributed by atoms with Crippen molar-refractivity contribution in [3.05, 3.63) is 29.8 Å². The second-order valence-electron chi connectivity index (χ2n) is 4.66. The molecule has 120 valence electrons. The number of carbonyl (C=O) groups excluding carboxylic acids is 3. The maximum atomic E-state index is 11.8. The van der Waals surface area contributed by atoms with Crippen LogP contribution in [0.2, 0.25) is 0 Å². The van der Waals surface area contributed by atoms with Gasteiger partial charge in [0.15, 0.2) is 0 Å². The Morgan fingerprint density at radius 3 is 2.32 bits per heavy atom. The van der Waals surface area contributed by atoms with E-state index in [1.807, 2.05) is 0 Å². The van der Waals surface area contributed by atoms with Gasteiger partial charge in [0.1, 0.15) is 0 Å². The first-order valence-electron chi connectivity index (χ1n) is 7.00. The summed E-state index contributed by atoms with van der Waals surface area (Å²) in [6.07, 6.45) is 0.912. The highest BCUT2D eigenvalue weighted by atomic mass is 16.5. The molecule has 1 rings (SSSR count). The Balaban J connectivity index is 2.14. The normalized spacial score (nSPS) is 9.86. The highest BCUT2D eigenvalue weighted by Crippen LogP contribution is 2.04. The lowest BCUT2D eigenvalue weighted by atomic mass is 10.2. The summed E-state index contributed by atoms with van der Waals surface area (Å²) in [6, 6.07) is 6.57.